The second-order valence-electron chi connectivity index (χ2n) is 6.20. The normalized spacial score (nSPS) is 36.9. The first-order chi connectivity index (χ1) is 9.90. The van der Waals surface area contributed by atoms with E-state index in [4.69, 9.17) is 5.11 Å². The highest BCUT2D eigenvalue weighted by Crippen LogP contribution is 2.41. The zero-order valence-electron chi connectivity index (χ0n) is 11.7. The molecule has 2 N–H and O–H groups in total. The number of sulfone groups is 1. The molecule has 4 atom stereocenters. The monoisotopic (exact) mass is 316 g/mol. The van der Waals surface area contributed by atoms with Crippen LogP contribution in [0, 0.1) is 5.92 Å². The van der Waals surface area contributed by atoms with Crippen molar-refractivity contribution in [2.45, 2.75) is 49.4 Å². The summed E-state index contributed by atoms with van der Waals surface area (Å²) in [5, 5.41) is 11.4. The molecule has 7 nitrogen and oxygen atoms in total. The fraction of sp³-hybridized carbons (Fsp3) is 0.846. The van der Waals surface area contributed by atoms with Gasteiger partial charge < -0.3 is 15.3 Å². The maximum absolute atomic E-state index is 12.3. The molecule has 2 bridgehead atoms. The first-order valence-electron chi connectivity index (χ1n) is 7.40. The van der Waals surface area contributed by atoms with Gasteiger partial charge in [-0.2, -0.15) is 0 Å². The molecule has 0 aromatic rings. The van der Waals surface area contributed by atoms with E-state index in [1.165, 1.54) is 0 Å². The lowest BCUT2D eigenvalue weighted by molar-refractivity contribution is -0.142. The number of hydrogen-bond donors (Lipinski definition) is 2. The molecule has 2 amide bonds. The molecule has 118 valence electrons. The molecule has 8 heteroatoms. The molecule has 0 saturated carbocycles. The number of nitrogens with zero attached hydrogens (tertiary/aromatic N) is 1. The highest BCUT2D eigenvalue weighted by molar-refractivity contribution is 7.92. The number of carbonyl (C=O) groups excluding carboxylic acids is 1. The van der Waals surface area contributed by atoms with Crippen molar-refractivity contribution in [1.82, 2.24) is 10.2 Å². The Labute approximate surface area is 123 Å². The van der Waals surface area contributed by atoms with Crippen LogP contribution < -0.4 is 5.32 Å². The average molecular weight is 316 g/mol. The predicted octanol–water partition coefficient (Wildman–Crippen LogP) is 0.211. The first-order valence-corrected chi connectivity index (χ1v) is 9.12. The number of aliphatic carboxylic acids is 1. The highest BCUT2D eigenvalue weighted by atomic mass is 32.2. The van der Waals surface area contributed by atoms with E-state index in [1.807, 2.05) is 0 Å². The minimum atomic E-state index is -3.07. The van der Waals surface area contributed by atoms with Gasteiger partial charge in [0.25, 0.3) is 0 Å². The molecule has 3 fully saturated rings. The lowest BCUT2D eigenvalue weighted by Gasteiger charge is -2.24. The number of fused-ring (bicyclic) bond motifs is 2. The Balaban J connectivity index is 1.61. The Morgan fingerprint density at radius 3 is 2.57 bits per heavy atom. The van der Waals surface area contributed by atoms with Crippen molar-refractivity contribution in [2.75, 3.05) is 12.3 Å². The van der Waals surface area contributed by atoms with Gasteiger partial charge in [0.2, 0.25) is 0 Å². The van der Waals surface area contributed by atoms with Gasteiger partial charge in [-0.3, -0.25) is 4.79 Å². The van der Waals surface area contributed by atoms with Gasteiger partial charge in [0.1, 0.15) is 0 Å². The molecule has 0 radical (unpaired) electrons. The second-order valence-corrected chi connectivity index (χ2v) is 8.60. The molecule has 3 heterocycles. The fourth-order valence-electron chi connectivity index (χ4n) is 3.95. The number of amides is 2. The largest absolute Gasteiger partial charge is 0.481 e. The molecule has 3 aliphatic rings. The van der Waals surface area contributed by atoms with E-state index in [9.17, 15) is 18.0 Å². The van der Waals surface area contributed by atoms with Crippen LogP contribution in [0.5, 0.6) is 0 Å². The van der Waals surface area contributed by atoms with Crippen molar-refractivity contribution in [3.05, 3.63) is 0 Å². The van der Waals surface area contributed by atoms with E-state index in [1.54, 1.807) is 4.90 Å². The van der Waals surface area contributed by atoms with E-state index < -0.39 is 27.0 Å². The Morgan fingerprint density at radius 1 is 1.24 bits per heavy atom. The fourth-order valence-corrected chi connectivity index (χ4v) is 5.72. The van der Waals surface area contributed by atoms with Gasteiger partial charge in [0.05, 0.1) is 16.9 Å². The summed E-state index contributed by atoms with van der Waals surface area (Å²) in [6, 6.07) is -0.572. The van der Waals surface area contributed by atoms with Crippen LogP contribution >= 0.6 is 0 Å². The summed E-state index contributed by atoms with van der Waals surface area (Å²) in [4.78, 5) is 25.1. The minimum Gasteiger partial charge on any atom is -0.481 e. The molecule has 3 rings (SSSR count). The first kappa shape index (κ1) is 14.6. The summed E-state index contributed by atoms with van der Waals surface area (Å²) in [5.74, 6) is -1.13. The van der Waals surface area contributed by atoms with Crippen molar-refractivity contribution < 1.29 is 23.1 Å². The summed E-state index contributed by atoms with van der Waals surface area (Å²) in [6.45, 7) is 0.134. The zero-order chi connectivity index (χ0) is 15.2. The van der Waals surface area contributed by atoms with Crippen LogP contribution in [0.4, 0.5) is 4.79 Å². The number of nitrogens with one attached hydrogen (secondary N) is 1. The summed E-state index contributed by atoms with van der Waals surface area (Å²) >= 11 is 0. The number of rotatable bonds is 3. The second kappa shape index (κ2) is 5.15. The summed E-state index contributed by atoms with van der Waals surface area (Å²) < 4.78 is 23.5. The topological polar surface area (TPSA) is 104 Å². The van der Waals surface area contributed by atoms with Crippen molar-refractivity contribution >= 4 is 21.8 Å². The third kappa shape index (κ3) is 2.49. The molecular weight excluding hydrogens is 296 g/mol. The van der Waals surface area contributed by atoms with Crippen LogP contribution in [0.3, 0.4) is 0 Å². The summed E-state index contributed by atoms with van der Waals surface area (Å²) in [5.41, 5.74) is 0. The van der Waals surface area contributed by atoms with E-state index in [0.717, 1.165) is 12.8 Å². The molecular formula is C13H20N2O5S. The molecule has 0 aliphatic carbocycles. The molecule has 0 aromatic heterocycles. The van der Waals surface area contributed by atoms with Crippen LogP contribution in [-0.4, -0.2) is 60.1 Å². The minimum absolute atomic E-state index is 0.0173. The van der Waals surface area contributed by atoms with Crippen molar-refractivity contribution in [3.63, 3.8) is 0 Å². The van der Waals surface area contributed by atoms with E-state index in [-0.39, 0.29) is 30.4 Å². The highest BCUT2D eigenvalue weighted by Gasteiger charge is 2.51. The van der Waals surface area contributed by atoms with Crippen molar-refractivity contribution in [2.24, 2.45) is 5.92 Å². The van der Waals surface area contributed by atoms with E-state index in [0.29, 0.717) is 19.3 Å². The predicted molar refractivity (Wildman–Crippen MR) is 74.6 cm³/mol. The Bertz CT molecular complexity index is 561. The summed E-state index contributed by atoms with van der Waals surface area (Å²) in [7, 11) is -3.07. The molecule has 21 heavy (non-hydrogen) atoms. The third-order valence-electron chi connectivity index (χ3n) is 5.03. The van der Waals surface area contributed by atoms with Gasteiger partial charge in [0.15, 0.2) is 9.84 Å². The van der Waals surface area contributed by atoms with Crippen molar-refractivity contribution in [3.8, 4) is 0 Å². The van der Waals surface area contributed by atoms with Crippen LogP contribution in [-0.2, 0) is 14.6 Å². The molecule has 0 aromatic carbocycles. The van der Waals surface area contributed by atoms with Crippen LogP contribution in [0.15, 0.2) is 0 Å². The Hall–Kier alpha value is -1.31. The molecule has 3 saturated heterocycles. The molecule has 3 aliphatic heterocycles. The van der Waals surface area contributed by atoms with Gasteiger partial charge in [-0.15, -0.1) is 0 Å². The number of carboxylic acids is 1. The summed E-state index contributed by atoms with van der Waals surface area (Å²) in [6.07, 6.45) is 3.31. The Morgan fingerprint density at radius 2 is 2.00 bits per heavy atom. The van der Waals surface area contributed by atoms with Crippen LogP contribution in [0.1, 0.15) is 32.1 Å². The van der Waals surface area contributed by atoms with Gasteiger partial charge in [-0.1, -0.05) is 0 Å². The smallest absolute Gasteiger partial charge is 0.317 e. The van der Waals surface area contributed by atoms with Gasteiger partial charge in [0, 0.05) is 18.6 Å². The maximum atomic E-state index is 12.3. The number of urea groups is 1. The van der Waals surface area contributed by atoms with E-state index in [2.05, 4.69) is 5.32 Å². The molecule has 4 unspecified atom stereocenters. The number of carbonyl (C=O) groups is 2. The average Bonchev–Trinajstić information content (AvgIpc) is 3.08. The zero-order valence-corrected chi connectivity index (χ0v) is 12.5. The van der Waals surface area contributed by atoms with Crippen LogP contribution in [0.2, 0.25) is 0 Å². The molecule has 0 spiro atoms. The third-order valence-corrected chi connectivity index (χ3v) is 7.31. The lowest BCUT2D eigenvalue weighted by atomic mass is 9.89. The maximum Gasteiger partial charge on any atom is 0.317 e. The quantitative estimate of drug-likeness (QED) is 0.774. The van der Waals surface area contributed by atoms with Crippen LogP contribution in [0.25, 0.3) is 0 Å². The Kier molecular flexibility index (Phi) is 3.59. The lowest BCUT2D eigenvalue weighted by Crippen LogP contribution is -2.46. The van der Waals surface area contributed by atoms with Gasteiger partial charge >= 0.3 is 12.0 Å². The van der Waals surface area contributed by atoms with Gasteiger partial charge in [-0.25, -0.2) is 13.2 Å². The van der Waals surface area contributed by atoms with Crippen molar-refractivity contribution in [1.29, 1.82) is 0 Å². The SMILES string of the molecule is O=C(O)C1CC2CCC1N2C(=O)NCC1CCCS1(=O)=O. The number of carboxylic acid groups (broad SMARTS) is 1. The number of hydrogen-bond acceptors (Lipinski definition) is 4. The van der Waals surface area contributed by atoms with E-state index >= 15 is 0 Å². The standard InChI is InChI=1S/C13H20N2O5S/c16-12(17)10-6-8-3-4-11(10)15(8)13(18)14-7-9-2-1-5-21(9,19)20/h8-11H,1-7H2,(H,14,18)(H,16,17). The van der Waals surface area contributed by atoms with Gasteiger partial charge in [-0.05, 0) is 32.1 Å².